The van der Waals surface area contributed by atoms with Gasteiger partial charge in [0, 0.05) is 18.7 Å². The third-order valence-electron chi connectivity index (χ3n) is 2.56. The second-order valence-electron chi connectivity index (χ2n) is 5.28. The van der Waals surface area contributed by atoms with E-state index in [0.29, 0.717) is 11.3 Å². The molecule has 5 nitrogen and oxygen atoms in total. The molecule has 0 saturated carbocycles. The SMILES string of the molecule is Cn1ccc(CC(=O)c2snnc2C(C)(C)C)n1. The van der Waals surface area contributed by atoms with Crippen molar-refractivity contribution < 1.29 is 4.79 Å². The normalized spacial score (nSPS) is 11.8. The molecule has 0 unspecified atom stereocenters. The highest BCUT2D eigenvalue weighted by Crippen LogP contribution is 2.26. The summed E-state index contributed by atoms with van der Waals surface area (Å²) in [6.07, 6.45) is 2.13. The summed E-state index contributed by atoms with van der Waals surface area (Å²) >= 11 is 1.17. The molecule has 2 heterocycles. The van der Waals surface area contributed by atoms with Crippen LogP contribution in [0.25, 0.3) is 0 Å². The lowest BCUT2D eigenvalue weighted by molar-refractivity contribution is 0.0993. The minimum atomic E-state index is -0.165. The van der Waals surface area contributed by atoms with Crippen LogP contribution >= 0.6 is 11.5 Å². The summed E-state index contributed by atoms with van der Waals surface area (Å²) in [7, 11) is 1.84. The van der Waals surface area contributed by atoms with Crippen molar-refractivity contribution in [3.8, 4) is 0 Å². The van der Waals surface area contributed by atoms with Crippen molar-refractivity contribution in [2.75, 3.05) is 0 Å². The molecular formula is C12H16N4OS. The van der Waals surface area contributed by atoms with Gasteiger partial charge in [0.25, 0.3) is 0 Å². The number of hydrogen-bond donors (Lipinski definition) is 0. The molecule has 0 radical (unpaired) electrons. The van der Waals surface area contributed by atoms with Gasteiger partial charge in [0.1, 0.15) is 4.88 Å². The molecule has 0 atom stereocenters. The van der Waals surface area contributed by atoms with Gasteiger partial charge in [-0.15, -0.1) is 5.10 Å². The average Bonchev–Trinajstić information content (AvgIpc) is 2.85. The number of ketones is 1. The van der Waals surface area contributed by atoms with Gasteiger partial charge in [-0.2, -0.15) is 5.10 Å². The zero-order valence-electron chi connectivity index (χ0n) is 11.0. The zero-order valence-corrected chi connectivity index (χ0v) is 11.8. The van der Waals surface area contributed by atoms with Crippen molar-refractivity contribution in [1.29, 1.82) is 0 Å². The van der Waals surface area contributed by atoms with E-state index in [4.69, 9.17) is 0 Å². The summed E-state index contributed by atoms with van der Waals surface area (Å²) in [4.78, 5) is 12.9. The summed E-state index contributed by atoms with van der Waals surface area (Å²) in [6, 6.07) is 1.85. The number of nitrogens with zero attached hydrogens (tertiary/aromatic N) is 4. The molecule has 96 valence electrons. The van der Waals surface area contributed by atoms with Gasteiger partial charge in [-0.3, -0.25) is 9.48 Å². The van der Waals surface area contributed by atoms with Crippen LogP contribution in [-0.4, -0.2) is 25.2 Å². The van der Waals surface area contributed by atoms with Gasteiger partial charge in [0.2, 0.25) is 0 Å². The predicted octanol–water partition coefficient (Wildman–Crippen LogP) is 1.99. The predicted molar refractivity (Wildman–Crippen MR) is 69.9 cm³/mol. The Balaban J connectivity index is 2.22. The summed E-state index contributed by atoms with van der Waals surface area (Å²) in [5, 5.41) is 8.29. The van der Waals surface area contributed by atoms with Crippen LogP contribution in [-0.2, 0) is 18.9 Å². The average molecular weight is 264 g/mol. The van der Waals surface area contributed by atoms with Gasteiger partial charge in [-0.05, 0) is 17.6 Å². The molecule has 0 aliphatic rings. The van der Waals surface area contributed by atoms with Crippen LogP contribution < -0.4 is 0 Å². The van der Waals surface area contributed by atoms with E-state index in [1.54, 1.807) is 4.68 Å². The summed E-state index contributed by atoms with van der Waals surface area (Å²) in [5.41, 5.74) is 1.38. The molecule has 2 rings (SSSR count). The second-order valence-corrected chi connectivity index (χ2v) is 6.04. The van der Waals surface area contributed by atoms with E-state index in [1.165, 1.54) is 11.5 Å². The monoisotopic (exact) mass is 264 g/mol. The van der Waals surface area contributed by atoms with E-state index in [2.05, 4.69) is 14.7 Å². The molecule has 2 aromatic rings. The van der Waals surface area contributed by atoms with Crippen molar-refractivity contribution in [2.24, 2.45) is 7.05 Å². The third-order valence-corrected chi connectivity index (χ3v) is 3.33. The van der Waals surface area contributed by atoms with Crippen LogP contribution in [0.3, 0.4) is 0 Å². The quantitative estimate of drug-likeness (QED) is 0.795. The maximum Gasteiger partial charge on any atom is 0.182 e. The van der Waals surface area contributed by atoms with Gasteiger partial charge in [-0.1, -0.05) is 25.3 Å². The van der Waals surface area contributed by atoms with Crippen molar-refractivity contribution in [3.05, 3.63) is 28.5 Å². The molecule has 0 fully saturated rings. The highest BCUT2D eigenvalue weighted by atomic mass is 32.1. The number of aromatic nitrogens is 4. The third kappa shape index (κ3) is 2.64. The Labute approximate surface area is 110 Å². The first-order chi connectivity index (χ1) is 8.38. The Kier molecular flexibility index (Phi) is 3.30. The van der Waals surface area contributed by atoms with Gasteiger partial charge in [0.05, 0.1) is 17.8 Å². The molecular weight excluding hydrogens is 248 g/mol. The van der Waals surface area contributed by atoms with E-state index in [0.717, 1.165) is 11.4 Å². The molecule has 0 aromatic carbocycles. The molecule has 0 N–H and O–H groups in total. The van der Waals surface area contributed by atoms with Gasteiger partial charge < -0.3 is 0 Å². The minimum absolute atomic E-state index is 0.0358. The first-order valence-corrected chi connectivity index (χ1v) is 6.50. The first-order valence-electron chi connectivity index (χ1n) is 5.72. The zero-order chi connectivity index (χ0) is 13.3. The lowest BCUT2D eigenvalue weighted by Gasteiger charge is -2.15. The maximum absolute atomic E-state index is 12.2. The van der Waals surface area contributed by atoms with Crippen LogP contribution in [0.4, 0.5) is 0 Å². The first kappa shape index (κ1) is 12.9. The second kappa shape index (κ2) is 4.61. The smallest absolute Gasteiger partial charge is 0.182 e. The van der Waals surface area contributed by atoms with Gasteiger partial charge in [-0.25, -0.2) is 0 Å². The van der Waals surface area contributed by atoms with Crippen LogP contribution in [0.1, 0.15) is 41.8 Å². The largest absolute Gasteiger partial charge is 0.293 e. The lowest BCUT2D eigenvalue weighted by atomic mass is 9.90. The molecule has 0 bridgehead atoms. The van der Waals surface area contributed by atoms with Gasteiger partial charge >= 0.3 is 0 Å². The number of carbonyl (C=O) groups excluding carboxylic acids is 1. The molecule has 0 aliphatic carbocycles. The van der Waals surface area contributed by atoms with Crippen LogP contribution in [0.2, 0.25) is 0 Å². The molecule has 6 heteroatoms. The Morgan fingerprint density at radius 3 is 2.72 bits per heavy atom. The number of rotatable bonds is 3. The summed E-state index contributed by atoms with van der Waals surface area (Å²) in [6.45, 7) is 6.09. The number of carbonyl (C=O) groups is 1. The van der Waals surface area contributed by atoms with Crippen molar-refractivity contribution in [3.63, 3.8) is 0 Å². The van der Waals surface area contributed by atoms with E-state index in [9.17, 15) is 4.79 Å². The Bertz CT molecular complexity index is 565. The molecule has 2 aromatic heterocycles. The topological polar surface area (TPSA) is 60.7 Å². The highest BCUT2D eigenvalue weighted by molar-refractivity contribution is 7.08. The van der Waals surface area contributed by atoms with Crippen molar-refractivity contribution in [1.82, 2.24) is 19.4 Å². The Hall–Kier alpha value is -1.56. The molecule has 0 spiro atoms. The number of aryl methyl sites for hydroxylation is 1. The fourth-order valence-corrected chi connectivity index (χ4v) is 2.48. The molecule has 0 amide bonds. The summed E-state index contributed by atoms with van der Waals surface area (Å²) in [5.74, 6) is 0.0358. The molecule has 0 aliphatic heterocycles. The number of Topliss-reactive ketones (excluding diaryl/α,β-unsaturated/α-hetero) is 1. The van der Waals surface area contributed by atoms with E-state index < -0.39 is 0 Å². The van der Waals surface area contributed by atoms with Crippen LogP contribution in [0, 0.1) is 0 Å². The van der Waals surface area contributed by atoms with Gasteiger partial charge in [0.15, 0.2) is 5.78 Å². The van der Waals surface area contributed by atoms with Crippen LogP contribution in [0.15, 0.2) is 12.3 Å². The standard InChI is InChI=1S/C12H16N4OS/c1-12(2,3)11-10(18-15-13-11)9(17)7-8-5-6-16(4)14-8/h5-6H,7H2,1-4H3. The Morgan fingerprint density at radius 2 is 2.17 bits per heavy atom. The fraction of sp³-hybridized carbons (Fsp3) is 0.500. The van der Waals surface area contributed by atoms with E-state index >= 15 is 0 Å². The van der Waals surface area contributed by atoms with E-state index in [1.807, 2.05) is 40.1 Å². The van der Waals surface area contributed by atoms with Crippen molar-refractivity contribution in [2.45, 2.75) is 32.6 Å². The number of hydrogen-bond acceptors (Lipinski definition) is 5. The van der Waals surface area contributed by atoms with Crippen LogP contribution in [0.5, 0.6) is 0 Å². The molecule has 18 heavy (non-hydrogen) atoms. The van der Waals surface area contributed by atoms with Crippen molar-refractivity contribution >= 4 is 17.3 Å². The Morgan fingerprint density at radius 1 is 1.44 bits per heavy atom. The fourth-order valence-electron chi connectivity index (χ4n) is 1.67. The summed E-state index contributed by atoms with van der Waals surface area (Å²) < 4.78 is 5.59. The lowest BCUT2D eigenvalue weighted by Crippen LogP contribution is -2.17. The van der Waals surface area contributed by atoms with E-state index in [-0.39, 0.29) is 11.2 Å². The molecule has 0 saturated heterocycles. The maximum atomic E-state index is 12.2. The minimum Gasteiger partial charge on any atom is -0.293 e. The highest BCUT2D eigenvalue weighted by Gasteiger charge is 2.26.